The Kier molecular flexibility index (Phi) is 4.24. The van der Waals surface area contributed by atoms with Gasteiger partial charge in [-0.15, -0.1) is 22.9 Å². The van der Waals surface area contributed by atoms with Crippen LogP contribution in [0, 0.1) is 0 Å². The topological polar surface area (TPSA) is 20.3 Å². The molecule has 1 fully saturated rings. The number of carbonyl (C=O) groups excluding carboxylic acids is 1. The van der Waals surface area contributed by atoms with E-state index in [0.717, 1.165) is 37.1 Å². The van der Waals surface area contributed by atoms with Crippen molar-refractivity contribution in [2.75, 3.05) is 12.4 Å². The molecule has 1 aliphatic heterocycles. The zero-order chi connectivity index (χ0) is 11.4. The van der Waals surface area contributed by atoms with E-state index in [1.54, 1.807) is 0 Å². The number of halogens is 1. The first-order valence-electron chi connectivity index (χ1n) is 5.73. The predicted octanol–water partition coefficient (Wildman–Crippen LogP) is 3.37. The molecule has 0 radical (unpaired) electrons. The van der Waals surface area contributed by atoms with Gasteiger partial charge in [0.1, 0.15) is 0 Å². The van der Waals surface area contributed by atoms with Gasteiger partial charge in [0, 0.05) is 18.5 Å². The highest BCUT2D eigenvalue weighted by Gasteiger charge is 2.29. The predicted molar refractivity (Wildman–Crippen MR) is 68.3 cm³/mol. The summed E-state index contributed by atoms with van der Waals surface area (Å²) in [6.07, 6.45) is 4.30. The van der Waals surface area contributed by atoms with Crippen LogP contribution in [0.3, 0.4) is 0 Å². The number of nitrogens with zero attached hydrogens (tertiary/aromatic N) is 1. The highest BCUT2D eigenvalue weighted by atomic mass is 35.5. The Bertz CT molecular complexity index is 339. The van der Waals surface area contributed by atoms with Gasteiger partial charge >= 0.3 is 0 Å². The molecule has 2 heterocycles. The van der Waals surface area contributed by atoms with Crippen LogP contribution in [-0.4, -0.2) is 29.3 Å². The number of likely N-dealkylation sites (tertiary alicyclic amines) is 1. The maximum atomic E-state index is 12.2. The van der Waals surface area contributed by atoms with Crippen LogP contribution in [0.2, 0.25) is 0 Å². The first-order valence-corrected chi connectivity index (χ1v) is 7.15. The average molecular weight is 258 g/mol. The Labute approximate surface area is 105 Å². The Morgan fingerprint density at radius 1 is 1.62 bits per heavy atom. The lowest BCUT2D eigenvalue weighted by atomic mass is 10.1. The average Bonchev–Trinajstić information content (AvgIpc) is 2.96. The fraction of sp³-hybridized carbons (Fsp3) is 0.583. The third kappa shape index (κ3) is 2.58. The summed E-state index contributed by atoms with van der Waals surface area (Å²) in [7, 11) is 0. The van der Waals surface area contributed by atoms with Crippen molar-refractivity contribution in [3.05, 3.63) is 22.4 Å². The van der Waals surface area contributed by atoms with Gasteiger partial charge in [-0.25, -0.2) is 0 Å². The third-order valence-electron chi connectivity index (χ3n) is 3.04. The summed E-state index contributed by atoms with van der Waals surface area (Å²) >= 11 is 7.23. The van der Waals surface area contributed by atoms with Gasteiger partial charge < -0.3 is 4.90 Å². The molecule has 88 valence electrons. The van der Waals surface area contributed by atoms with E-state index in [0.29, 0.717) is 11.9 Å². The van der Waals surface area contributed by atoms with E-state index in [-0.39, 0.29) is 5.91 Å². The number of hydrogen-bond donors (Lipinski definition) is 0. The SMILES string of the molecule is O=C(c1cccs1)N1CCCC1CCCCl. The van der Waals surface area contributed by atoms with Crippen molar-refractivity contribution in [3.63, 3.8) is 0 Å². The molecule has 2 rings (SSSR count). The third-order valence-corrected chi connectivity index (χ3v) is 4.17. The van der Waals surface area contributed by atoms with Gasteiger partial charge in [0.2, 0.25) is 0 Å². The molecule has 1 aliphatic rings. The summed E-state index contributed by atoms with van der Waals surface area (Å²) in [6.45, 7) is 0.906. The highest BCUT2D eigenvalue weighted by Crippen LogP contribution is 2.25. The van der Waals surface area contributed by atoms with Gasteiger partial charge in [-0.1, -0.05) is 6.07 Å². The maximum Gasteiger partial charge on any atom is 0.264 e. The molecule has 0 bridgehead atoms. The summed E-state index contributed by atoms with van der Waals surface area (Å²) < 4.78 is 0. The molecular formula is C12H16ClNOS. The van der Waals surface area contributed by atoms with Crippen LogP contribution in [0.25, 0.3) is 0 Å². The second-order valence-corrected chi connectivity index (χ2v) is 5.43. The van der Waals surface area contributed by atoms with Gasteiger partial charge in [-0.05, 0) is 37.1 Å². The van der Waals surface area contributed by atoms with Gasteiger partial charge in [-0.2, -0.15) is 0 Å². The molecule has 1 atom stereocenters. The van der Waals surface area contributed by atoms with Crippen LogP contribution in [0.4, 0.5) is 0 Å². The molecule has 1 unspecified atom stereocenters. The maximum absolute atomic E-state index is 12.2. The van der Waals surface area contributed by atoms with E-state index in [1.807, 2.05) is 22.4 Å². The second-order valence-electron chi connectivity index (χ2n) is 4.10. The molecule has 0 N–H and O–H groups in total. The van der Waals surface area contributed by atoms with E-state index in [4.69, 9.17) is 11.6 Å². The largest absolute Gasteiger partial charge is 0.335 e. The minimum atomic E-state index is 0.201. The van der Waals surface area contributed by atoms with Crippen LogP contribution >= 0.6 is 22.9 Å². The summed E-state index contributed by atoms with van der Waals surface area (Å²) in [6, 6.07) is 4.25. The van der Waals surface area contributed by atoms with Crippen molar-refractivity contribution in [3.8, 4) is 0 Å². The molecule has 2 nitrogen and oxygen atoms in total. The van der Waals surface area contributed by atoms with Crippen molar-refractivity contribution in [2.24, 2.45) is 0 Å². The van der Waals surface area contributed by atoms with E-state index in [2.05, 4.69) is 0 Å². The monoisotopic (exact) mass is 257 g/mol. The van der Waals surface area contributed by atoms with Crippen molar-refractivity contribution in [1.82, 2.24) is 4.90 Å². The van der Waals surface area contributed by atoms with Gasteiger partial charge in [0.25, 0.3) is 5.91 Å². The Balaban J connectivity index is 1.99. The van der Waals surface area contributed by atoms with Crippen LogP contribution in [0.15, 0.2) is 17.5 Å². The van der Waals surface area contributed by atoms with E-state index in [1.165, 1.54) is 11.3 Å². The Hall–Kier alpha value is -0.540. The number of alkyl halides is 1. The van der Waals surface area contributed by atoms with E-state index < -0.39 is 0 Å². The first kappa shape index (κ1) is 11.9. The van der Waals surface area contributed by atoms with Crippen molar-refractivity contribution >= 4 is 28.8 Å². The van der Waals surface area contributed by atoms with Crippen LogP contribution in [-0.2, 0) is 0 Å². The molecule has 1 aromatic rings. The van der Waals surface area contributed by atoms with Crippen molar-refractivity contribution in [2.45, 2.75) is 31.7 Å². The van der Waals surface area contributed by atoms with Gasteiger partial charge in [0.15, 0.2) is 0 Å². The van der Waals surface area contributed by atoms with Crippen LogP contribution in [0.5, 0.6) is 0 Å². The fourth-order valence-electron chi connectivity index (χ4n) is 2.26. The molecular weight excluding hydrogens is 242 g/mol. The minimum Gasteiger partial charge on any atom is -0.335 e. The molecule has 1 aromatic heterocycles. The van der Waals surface area contributed by atoms with Crippen molar-refractivity contribution < 1.29 is 4.79 Å². The van der Waals surface area contributed by atoms with Crippen molar-refractivity contribution in [1.29, 1.82) is 0 Å². The fourth-order valence-corrected chi connectivity index (χ4v) is 3.09. The normalized spacial score (nSPS) is 20.3. The molecule has 0 aliphatic carbocycles. The molecule has 1 saturated heterocycles. The quantitative estimate of drug-likeness (QED) is 0.758. The molecule has 1 amide bonds. The summed E-state index contributed by atoms with van der Waals surface area (Å²) in [4.78, 5) is 15.1. The standard InChI is InChI=1S/C12H16ClNOS/c13-7-1-4-10-5-2-8-14(10)12(15)11-6-3-9-16-11/h3,6,9-10H,1-2,4-5,7-8H2. The molecule has 0 saturated carbocycles. The number of hydrogen-bond acceptors (Lipinski definition) is 2. The lowest BCUT2D eigenvalue weighted by Crippen LogP contribution is -2.35. The van der Waals surface area contributed by atoms with E-state index in [9.17, 15) is 4.79 Å². The molecule has 0 aromatic carbocycles. The Morgan fingerprint density at radius 3 is 3.19 bits per heavy atom. The second kappa shape index (κ2) is 5.69. The number of amides is 1. The number of rotatable bonds is 4. The lowest BCUT2D eigenvalue weighted by molar-refractivity contribution is 0.0735. The molecule has 16 heavy (non-hydrogen) atoms. The molecule has 0 spiro atoms. The van der Waals surface area contributed by atoms with Gasteiger partial charge in [-0.3, -0.25) is 4.79 Å². The van der Waals surface area contributed by atoms with Crippen LogP contribution < -0.4 is 0 Å². The zero-order valence-corrected chi connectivity index (χ0v) is 10.8. The Morgan fingerprint density at radius 2 is 2.50 bits per heavy atom. The summed E-state index contributed by atoms with van der Waals surface area (Å²) in [5, 5.41) is 1.96. The first-order chi connectivity index (χ1) is 7.83. The van der Waals surface area contributed by atoms with E-state index >= 15 is 0 Å². The minimum absolute atomic E-state index is 0.201. The molecule has 4 heteroatoms. The smallest absolute Gasteiger partial charge is 0.264 e. The lowest BCUT2D eigenvalue weighted by Gasteiger charge is -2.23. The summed E-state index contributed by atoms with van der Waals surface area (Å²) in [5.74, 6) is 0.893. The van der Waals surface area contributed by atoms with Gasteiger partial charge in [0.05, 0.1) is 4.88 Å². The van der Waals surface area contributed by atoms with Crippen LogP contribution in [0.1, 0.15) is 35.4 Å². The number of thiophene rings is 1. The summed E-state index contributed by atoms with van der Waals surface area (Å²) in [5.41, 5.74) is 0. The highest BCUT2D eigenvalue weighted by molar-refractivity contribution is 7.12. The number of carbonyl (C=O) groups is 1. The zero-order valence-electron chi connectivity index (χ0n) is 9.19.